The average molecular weight is 274 g/mol. The van der Waals surface area contributed by atoms with Gasteiger partial charge in [-0.2, -0.15) is 0 Å². The van der Waals surface area contributed by atoms with E-state index in [4.69, 9.17) is 9.84 Å². The Kier molecular flexibility index (Phi) is 7.98. The summed E-state index contributed by atoms with van der Waals surface area (Å²) in [6.45, 7) is 0.451. The molecule has 0 aromatic carbocycles. The molecule has 0 radical (unpaired) electrons. The topological polar surface area (TPSA) is 80.7 Å². The van der Waals surface area contributed by atoms with Crippen molar-refractivity contribution in [2.24, 2.45) is 0 Å². The number of aldehydes is 1. The molecule has 0 heterocycles. The highest BCUT2D eigenvalue weighted by Crippen LogP contribution is 2.08. The second-order valence-corrected chi connectivity index (χ2v) is 5.60. The van der Waals surface area contributed by atoms with Crippen molar-refractivity contribution >= 4 is 18.2 Å². The summed E-state index contributed by atoms with van der Waals surface area (Å²) in [5, 5.41) is 8.80. The van der Waals surface area contributed by atoms with Gasteiger partial charge in [0.25, 0.3) is 0 Å². The van der Waals surface area contributed by atoms with Crippen molar-refractivity contribution in [3.05, 3.63) is 0 Å². The average Bonchev–Trinajstić information content (AvgIpc) is 2.20. The van der Waals surface area contributed by atoms with E-state index in [1.807, 2.05) is 21.1 Å². The number of carboxylic acid groups (broad SMARTS) is 1. The molecule has 0 aliphatic heterocycles. The Balaban J connectivity index is 4.19. The Bertz CT molecular complexity index is 309. The molecule has 0 aliphatic rings. The first-order valence-corrected chi connectivity index (χ1v) is 6.40. The fourth-order valence-corrected chi connectivity index (χ4v) is 1.69. The SMILES string of the molecule is C[N+](C)(C)CC(CC(=O)O)OC(=O)CCCCC=O. The number of rotatable bonds is 10. The summed E-state index contributed by atoms with van der Waals surface area (Å²) >= 11 is 0. The number of aliphatic carboxylic acids is 1. The quantitative estimate of drug-likeness (QED) is 0.276. The first kappa shape index (κ1) is 17.6. The molecule has 0 amide bonds. The van der Waals surface area contributed by atoms with Crippen molar-refractivity contribution in [2.45, 2.75) is 38.2 Å². The summed E-state index contributed by atoms with van der Waals surface area (Å²) < 4.78 is 5.72. The number of hydrogen-bond acceptors (Lipinski definition) is 4. The van der Waals surface area contributed by atoms with Gasteiger partial charge in [0.15, 0.2) is 6.10 Å². The van der Waals surface area contributed by atoms with Gasteiger partial charge in [-0.05, 0) is 12.8 Å². The van der Waals surface area contributed by atoms with Crippen molar-refractivity contribution in [1.29, 1.82) is 0 Å². The van der Waals surface area contributed by atoms with Crippen LogP contribution >= 0.6 is 0 Å². The van der Waals surface area contributed by atoms with Gasteiger partial charge in [-0.3, -0.25) is 9.59 Å². The van der Waals surface area contributed by atoms with Crippen molar-refractivity contribution in [2.75, 3.05) is 27.7 Å². The Morgan fingerprint density at radius 3 is 2.37 bits per heavy atom. The minimum Gasteiger partial charge on any atom is -0.481 e. The van der Waals surface area contributed by atoms with Gasteiger partial charge in [-0.1, -0.05) is 0 Å². The van der Waals surface area contributed by atoms with E-state index in [-0.39, 0.29) is 12.8 Å². The first-order chi connectivity index (χ1) is 8.74. The maximum Gasteiger partial charge on any atom is 0.307 e. The third kappa shape index (κ3) is 11.4. The van der Waals surface area contributed by atoms with E-state index < -0.39 is 18.0 Å². The molecule has 1 unspecified atom stereocenters. The van der Waals surface area contributed by atoms with Gasteiger partial charge in [0, 0.05) is 12.8 Å². The lowest BCUT2D eigenvalue weighted by Crippen LogP contribution is -2.43. The summed E-state index contributed by atoms with van der Waals surface area (Å²) in [6, 6.07) is 0. The van der Waals surface area contributed by atoms with Crippen LogP contribution in [0.15, 0.2) is 0 Å². The van der Waals surface area contributed by atoms with E-state index in [0.717, 1.165) is 6.29 Å². The lowest BCUT2D eigenvalue weighted by Gasteiger charge is -2.28. The van der Waals surface area contributed by atoms with E-state index in [1.54, 1.807) is 0 Å². The lowest BCUT2D eigenvalue weighted by atomic mass is 10.2. The third-order valence-corrected chi connectivity index (χ3v) is 2.40. The molecule has 0 rings (SSSR count). The number of quaternary nitrogens is 1. The standard InChI is InChI=1S/C13H23NO5/c1-14(2,3)10-11(9-12(16)17)19-13(18)7-5-4-6-8-15/h8,11H,4-7,9-10H2,1-3H3/p+1. The van der Waals surface area contributed by atoms with Crippen LogP contribution in [0.4, 0.5) is 0 Å². The summed E-state index contributed by atoms with van der Waals surface area (Å²) in [5.41, 5.74) is 0. The predicted molar refractivity (Wildman–Crippen MR) is 69.6 cm³/mol. The number of likely N-dealkylation sites (N-methyl/N-ethyl adjacent to an activating group) is 1. The first-order valence-electron chi connectivity index (χ1n) is 6.40. The van der Waals surface area contributed by atoms with Crippen LogP contribution in [0, 0.1) is 0 Å². The largest absolute Gasteiger partial charge is 0.481 e. The second-order valence-electron chi connectivity index (χ2n) is 5.60. The number of carbonyl (C=O) groups excluding carboxylic acids is 2. The molecule has 0 bridgehead atoms. The van der Waals surface area contributed by atoms with Gasteiger partial charge in [-0.25, -0.2) is 0 Å². The Labute approximate surface area is 113 Å². The number of carbonyl (C=O) groups is 3. The fourth-order valence-electron chi connectivity index (χ4n) is 1.69. The highest BCUT2D eigenvalue weighted by molar-refractivity contribution is 5.71. The predicted octanol–water partition coefficient (Wildman–Crippen LogP) is 0.838. The summed E-state index contributed by atoms with van der Waals surface area (Å²) in [5.74, 6) is -1.38. The molecule has 0 aliphatic carbocycles. The summed E-state index contributed by atoms with van der Waals surface area (Å²) in [6.07, 6.45) is 1.91. The highest BCUT2D eigenvalue weighted by atomic mass is 16.5. The zero-order valence-electron chi connectivity index (χ0n) is 11.9. The van der Waals surface area contributed by atoms with E-state index in [9.17, 15) is 14.4 Å². The van der Waals surface area contributed by atoms with Crippen LogP contribution in [0.2, 0.25) is 0 Å². The Morgan fingerprint density at radius 1 is 1.26 bits per heavy atom. The molecule has 0 spiro atoms. The maximum absolute atomic E-state index is 11.6. The normalized spacial score (nSPS) is 12.8. The molecule has 1 N–H and O–H groups in total. The van der Waals surface area contributed by atoms with Crippen LogP contribution in [-0.2, 0) is 19.1 Å². The number of ether oxygens (including phenoxy) is 1. The van der Waals surface area contributed by atoms with Gasteiger partial charge >= 0.3 is 11.9 Å². The van der Waals surface area contributed by atoms with Gasteiger partial charge in [-0.15, -0.1) is 0 Å². The number of esters is 1. The molecule has 0 saturated carbocycles. The van der Waals surface area contributed by atoms with Crippen LogP contribution in [0.25, 0.3) is 0 Å². The minimum absolute atomic E-state index is 0.185. The molecule has 6 heteroatoms. The molecule has 0 aromatic rings. The van der Waals surface area contributed by atoms with Crippen LogP contribution in [-0.4, -0.2) is 61.6 Å². The number of carboxylic acids is 1. The maximum atomic E-state index is 11.6. The van der Waals surface area contributed by atoms with Crippen molar-refractivity contribution in [3.63, 3.8) is 0 Å². The van der Waals surface area contributed by atoms with Gasteiger partial charge < -0.3 is 19.1 Å². The molecular weight excluding hydrogens is 250 g/mol. The van der Waals surface area contributed by atoms with E-state index in [1.165, 1.54) is 0 Å². The Hall–Kier alpha value is -1.43. The number of unbranched alkanes of at least 4 members (excludes halogenated alkanes) is 2. The molecule has 110 valence electrons. The highest BCUT2D eigenvalue weighted by Gasteiger charge is 2.24. The summed E-state index contributed by atoms with van der Waals surface area (Å²) in [4.78, 5) is 32.4. The van der Waals surface area contributed by atoms with Crippen molar-refractivity contribution < 1.29 is 28.7 Å². The van der Waals surface area contributed by atoms with E-state index >= 15 is 0 Å². The van der Waals surface area contributed by atoms with Crippen LogP contribution < -0.4 is 0 Å². The molecule has 19 heavy (non-hydrogen) atoms. The van der Waals surface area contributed by atoms with Crippen LogP contribution in [0.3, 0.4) is 0 Å². The third-order valence-electron chi connectivity index (χ3n) is 2.40. The number of hydrogen-bond donors (Lipinski definition) is 1. The summed E-state index contributed by atoms with van der Waals surface area (Å²) in [7, 11) is 5.73. The molecule has 0 aromatic heterocycles. The number of nitrogens with zero attached hydrogens (tertiary/aromatic N) is 1. The lowest BCUT2D eigenvalue weighted by molar-refractivity contribution is -0.873. The zero-order chi connectivity index (χ0) is 14.9. The molecular formula is C13H24NO5+. The molecule has 1 atom stereocenters. The van der Waals surface area contributed by atoms with Crippen molar-refractivity contribution in [3.8, 4) is 0 Å². The molecule has 6 nitrogen and oxygen atoms in total. The molecule has 0 fully saturated rings. The minimum atomic E-state index is -0.979. The monoisotopic (exact) mass is 274 g/mol. The molecule has 0 saturated heterocycles. The van der Waals surface area contributed by atoms with Crippen LogP contribution in [0.5, 0.6) is 0 Å². The van der Waals surface area contributed by atoms with Crippen LogP contribution in [0.1, 0.15) is 32.1 Å². The fraction of sp³-hybridized carbons (Fsp3) is 0.769. The van der Waals surface area contributed by atoms with E-state index in [0.29, 0.717) is 30.3 Å². The van der Waals surface area contributed by atoms with Crippen molar-refractivity contribution in [1.82, 2.24) is 0 Å². The second kappa shape index (κ2) is 8.63. The smallest absolute Gasteiger partial charge is 0.307 e. The van der Waals surface area contributed by atoms with Gasteiger partial charge in [0.1, 0.15) is 12.8 Å². The van der Waals surface area contributed by atoms with Gasteiger partial charge in [0.05, 0.1) is 27.6 Å². The van der Waals surface area contributed by atoms with E-state index in [2.05, 4.69) is 0 Å². The zero-order valence-corrected chi connectivity index (χ0v) is 11.9. The van der Waals surface area contributed by atoms with Gasteiger partial charge in [0.2, 0.25) is 0 Å². The Morgan fingerprint density at radius 2 is 1.89 bits per heavy atom.